The van der Waals surface area contributed by atoms with Crippen LogP contribution in [-0.4, -0.2) is 19.5 Å². The Hall–Kier alpha value is -7.17. The third-order valence-corrected chi connectivity index (χ3v) is 10.0. The molecule has 0 saturated heterocycles. The van der Waals surface area contributed by atoms with Gasteiger partial charge in [0.2, 0.25) is 0 Å². The number of fused-ring (bicyclic) bond motifs is 5. The molecule has 0 aliphatic carbocycles. The van der Waals surface area contributed by atoms with Gasteiger partial charge in [-0.1, -0.05) is 164 Å². The molecule has 0 aliphatic rings. The topological polar surface area (TPSA) is 43.6 Å². The normalized spacial score (nSPS) is 11.4. The van der Waals surface area contributed by atoms with Crippen LogP contribution in [0.15, 0.2) is 194 Å². The molecule has 0 radical (unpaired) electrons. The smallest absolute Gasteiger partial charge is 0.161 e. The Balaban J connectivity index is 1.24. The van der Waals surface area contributed by atoms with Crippen molar-refractivity contribution >= 4 is 32.7 Å². The van der Waals surface area contributed by atoms with Crippen LogP contribution in [0.5, 0.6) is 0 Å². The minimum absolute atomic E-state index is 0.648. The van der Waals surface area contributed by atoms with Crippen LogP contribution in [0.4, 0.5) is 0 Å². The molecular weight excluding hydrogens is 645 g/mol. The molecule has 0 aliphatic heterocycles. The molecule has 0 unspecified atom stereocenters. The quantitative estimate of drug-likeness (QED) is 0.176. The lowest BCUT2D eigenvalue weighted by molar-refractivity contribution is 1.17. The van der Waals surface area contributed by atoms with Crippen molar-refractivity contribution in [2.75, 3.05) is 0 Å². The van der Waals surface area contributed by atoms with E-state index in [4.69, 9.17) is 15.0 Å². The lowest BCUT2D eigenvalue weighted by atomic mass is 9.98. The maximum Gasteiger partial charge on any atom is 0.161 e. The molecule has 0 fully saturated rings. The molecule has 53 heavy (non-hydrogen) atoms. The van der Waals surface area contributed by atoms with Crippen LogP contribution < -0.4 is 0 Å². The summed E-state index contributed by atoms with van der Waals surface area (Å²) in [5.74, 6) is 0.648. The predicted octanol–water partition coefficient (Wildman–Crippen LogP) is 12.5. The second kappa shape index (κ2) is 12.9. The number of rotatable bonds is 6. The van der Waals surface area contributed by atoms with Gasteiger partial charge in [-0.15, -0.1) is 0 Å². The Morgan fingerprint density at radius 3 is 1.60 bits per heavy atom. The van der Waals surface area contributed by atoms with E-state index in [1.807, 2.05) is 12.1 Å². The van der Waals surface area contributed by atoms with E-state index in [9.17, 15) is 0 Å². The molecular formula is C49H32N4. The number of nitrogens with zero attached hydrogens (tertiary/aromatic N) is 4. The number of hydrogen-bond acceptors (Lipinski definition) is 3. The van der Waals surface area contributed by atoms with Gasteiger partial charge < -0.3 is 4.57 Å². The van der Waals surface area contributed by atoms with Crippen LogP contribution in [0.3, 0.4) is 0 Å². The van der Waals surface area contributed by atoms with E-state index in [-0.39, 0.29) is 0 Å². The summed E-state index contributed by atoms with van der Waals surface area (Å²) >= 11 is 0. The predicted molar refractivity (Wildman–Crippen MR) is 219 cm³/mol. The van der Waals surface area contributed by atoms with Crippen molar-refractivity contribution in [2.45, 2.75) is 0 Å². The molecule has 10 aromatic rings. The lowest BCUT2D eigenvalue weighted by Gasteiger charge is -2.16. The van der Waals surface area contributed by atoms with E-state index in [0.717, 1.165) is 72.5 Å². The van der Waals surface area contributed by atoms with Crippen LogP contribution in [0, 0.1) is 0 Å². The number of hydrogen-bond donors (Lipinski definition) is 0. The van der Waals surface area contributed by atoms with Crippen LogP contribution in [0.25, 0.3) is 94.7 Å². The van der Waals surface area contributed by atoms with E-state index < -0.39 is 0 Å². The Kier molecular flexibility index (Phi) is 7.43. The first-order chi connectivity index (χ1) is 26.3. The molecule has 0 amide bonds. The highest BCUT2D eigenvalue weighted by Gasteiger charge is 2.23. The van der Waals surface area contributed by atoms with Gasteiger partial charge in [0.1, 0.15) is 0 Å². The van der Waals surface area contributed by atoms with E-state index in [0.29, 0.717) is 5.82 Å². The monoisotopic (exact) mass is 676 g/mol. The first-order valence-electron chi connectivity index (χ1n) is 17.9. The highest BCUT2D eigenvalue weighted by atomic mass is 15.0. The fourth-order valence-electron chi connectivity index (χ4n) is 7.55. The number of para-hydroxylation sites is 3. The van der Waals surface area contributed by atoms with Crippen molar-refractivity contribution in [3.63, 3.8) is 0 Å². The van der Waals surface area contributed by atoms with Gasteiger partial charge in [-0.05, 0) is 41.5 Å². The standard InChI is InChI=1S/C49H32N4/c1-4-16-33(17-5-1)34-28-30-36(31-29-34)44-32-43(35-18-6-2-7-19-35)51-49(52-44)39-23-11-10-22-38(39)47-48-46(40-24-12-14-26-42(40)50-47)41-25-13-15-27-45(41)53(48)37-20-8-3-9-21-37/h1-32H. The van der Waals surface area contributed by atoms with Gasteiger partial charge in [0.15, 0.2) is 5.82 Å². The molecule has 0 N–H and O–H groups in total. The lowest BCUT2D eigenvalue weighted by Crippen LogP contribution is -2.00. The van der Waals surface area contributed by atoms with Gasteiger partial charge in [0, 0.05) is 44.1 Å². The third-order valence-electron chi connectivity index (χ3n) is 10.0. The fraction of sp³-hybridized carbons (Fsp3) is 0. The zero-order chi connectivity index (χ0) is 35.1. The maximum atomic E-state index is 5.46. The van der Waals surface area contributed by atoms with E-state index in [2.05, 4.69) is 187 Å². The molecule has 3 aromatic heterocycles. The van der Waals surface area contributed by atoms with Crippen molar-refractivity contribution in [1.29, 1.82) is 0 Å². The molecule has 248 valence electrons. The zero-order valence-corrected chi connectivity index (χ0v) is 28.8. The number of pyridine rings is 1. The molecule has 7 aromatic carbocycles. The minimum atomic E-state index is 0.648. The second-order valence-electron chi connectivity index (χ2n) is 13.2. The first-order valence-corrected chi connectivity index (χ1v) is 17.9. The minimum Gasteiger partial charge on any atom is -0.307 e. The van der Waals surface area contributed by atoms with Crippen LogP contribution in [0.1, 0.15) is 0 Å². The summed E-state index contributed by atoms with van der Waals surface area (Å²) in [4.78, 5) is 16.0. The van der Waals surface area contributed by atoms with Gasteiger partial charge in [-0.2, -0.15) is 0 Å². The van der Waals surface area contributed by atoms with Gasteiger partial charge in [0.25, 0.3) is 0 Å². The summed E-state index contributed by atoms with van der Waals surface area (Å²) in [6, 6.07) is 67.7. The fourth-order valence-corrected chi connectivity index (χ4v) is 7.55. The molecule has 3 heterocycles. The summed E-state index contributed by atoms with van der Waals surface area (Å²) in [7, 11) is 0. The van der Waals surface area contributed by atoms with Crippen molar-refractivity contribution in [3.05, 3.63) is 194 Å². The Labute approximate surface area is 307 Å². The van der Waals surface area contributed by atoms with E-state index in [1.165, 1.54) is 16.3 Å². The SMILES string of the molecule is c1ccc(-c2ccc(-c3cc(-c4ccccc4)nc(-c4ccccc4-c4nc5ccccc5c5c6ccccc6n(-c6ccccc6)c45)n3)cc2)cc1. The van der Waals surface area contributed by atoms with Crippen molar-refractivity contribution < 1.29 is 0 Å². The number of aromatic nitrogens is 4. The molecule has 4 heteroatoms. The summed E-state index contributed by atoms with van der Waals surface area (Å²) < 4.78 is 2.36. The average molecular weight is 677 g/mol. The van der Waals surface area contributed by atoms with Gasteiger partial charge in [-0.3, -0.25) is 0 Å². The molecule has 0 saturated carbocycles. The van der Waals surface area contributed by atoms with Crippen LogP contribution in [0.2, 0.25) is 0 Å². The Bertz CT molecular complexity index is 2910. The molecule has 0 spiro atoms. The van der Waals surface area contributed by atoms with Gasteiger partial charge >= 0.3 is 0 Å². The summed E-state index contributed by atoms with van der Waals surface area (Å²) in [6.07, 6.45) is 0. The van der Waals surface area contributed by atoms with E-state index >= 15 is 0 Å². The Morgan fingerprint density at radius 1 is 0.377 bits per heavy atom. The molecule has 0 bridgehead atoms. The van der Waals surface area contributed by atoms with Crippen molar-refractivity contribution in [2.24, 2.45) is 0 Å². The van der Waals surface area contributed by atoms with E-state index in [1.54, 1.807) is 0 Å². The van der Waals surface area contributed by atoms with Crippen LogP contribution in [-0.2, 0) is 0 Å². The second-order valence-corrected chi connectivity index (χ2v) is 13.2. The summed E-state index contributed by atoms with van der Waals surface area (Å²) in [6.45, 7) is 0. The summed E-state index contributed by atoms with van der Waals surface area (Å²) in [5, 5.41) is 3.49. The number of benzene rings is 7. The zero-order valence-electron chi connectivity index (χ0n) is 28.8. The summed E-state index contributed by atoms with van der Waals surface area (Å²) in [5.41, 5.74) is 13.1. The Morgan fingerprint density at radius 2 is 0.887 bits per heavy atom. The van der Waals surface area contributed by atoms with Crippen LogP contribution >= 0.6 is 0 Å². The molecule has 4 nitrogen and oxygen atoms in total. The van der Waals surface area contributed by atoms with Gasteiger partial charge in [-0.25, -0.2) is 15.0 Å². The first kappa shape index (κ1) is 30.6. The highest BCUT2D eigenvalue weighted by Crippen LogP contribution is 2.43. The van der Waals surface area contributed by atoms with Crippen molar-refractivity contribution in [1.82, 2.24) is 19.5 Å². The maximum absolute atomic E-state index is 5.46. The van der Waals surface area contributed by atoms with Gasteiger partial charge in [0.05, 0.1) is 33.6 Å². The largest absolute Gasteiger partial charge is 0.307 e. The molecule has 10 rings (SSSR count). The third kappa shape index (κ3) is 5.36. The van der Waals surface area contributed by atoms with Crippen molar-refractivity contribution in [3.8, 4) is 62.0 Å². The average Bonchev–Trinajstić information content (AvgIpc) is 3.60. The molecule has 0 atom stereocenters. The highest BCUT2D eigenvalue weighted by molar-refractivity contribution is 6.23.